The van der Waals surface area contributed by atoms with Gasteiger partial charge < -0.3 is 15.2 Å². The number of aromatic amines is 1. The maximum Gasteiger partial charge on any atom is 0.328 e. The summed E-state index contributed by atoms with van der Waals surface area (Å²) in [4.78, 5) is 48.6. The van der Waals surface area contributed by atoms with Crippen molar-refractivity contribution in [1.29, 1.82) is 0 Å². The number of amides is 1. The Morgan fingerprint density at radius 2 is 1.97 bits per heavy atom. The normalized spacial score (nSPS) is 20.4. The molecule has 0 bridgehead atoms. The summed E-state index contributed by atoms with van der Waals surface area (Å²) < 4.78 is 1.22. The molecular formula is C24H28N6O3. The lowest BCUT2D eigenvalue weighted by Crippen LogP contribution is -2.64. The van der Waals surface area contributed by atoms with Crippen LogP contribution < -0.4 is 21.5 Å². The van der Waals surface area contributed by atoms with E-state index in [0.29, 0.717) is 35.2 Å². The van der Waals surface area contributed by atoms with Crippen LogP contribution in [-0.4, -0.2) is 57.6 Å². The fourth-order valence-corrected chi connectivity index (χ4v) is 5.08. The molecule has 2 aliphatic rings. The van der Waals surface area contributed by atoms with Gasteiger partial charge in [0.15, 0.2) is 0 Å². The van der Waals surface area contributed by atoms with Gasteiger partial charge in [0.25, 0.3) is 11.5 Å². The standard InChI is InChI=1S/C24H28N6O3/c1-3-29-23(32)17-6-4-15(12-19(17)27-24(29)33)14-28-10-11-30(21-9-8-20(21)28)16-5-7-18(26-13-16)22(31)25-2/h4-7,12-13,20-21H,3,8-11,14H2,1-2H3,(H,25,31)(H,27,33). The number of carbonyl (C=O) groups is 1. The van der Waals surface area contributed by atoms with Crippen molar-refractivity contribution in [2.24, 2.45) is 0 Å². The van der Waals surface area contributed by atoms with Crippen LogP contribution in [0.5, 0.6) is 0 Å². The van der Waals surface area contributed by atoms with Gasteiger partial charge in [-0.25, -0.2) is 9.78 Å². The van der Waals surface area contributed by atoms with Gasteiger partial charge in [0.05, 0.1) is 22.8 Å². The highest BCUT2D eigenvalue weighted by atomic mass is 16.2. The molecular weight excluding hydrogens is 420 g/mol. The van der Waals surface area contributed by atoms with E-state index in [2.05, 4.69) is 25.1 Å². The molecule has 2 fully saturated rings. The highest BCUT2D eigenvalue weighted by Crippen LogP contribution is 2.37. The predicted octanol–water partition coefficient (Wildman–Crippen LogP) is 1.32. The molecule has 1 amide bonds. The quantitative estimate of drug-likeness (QED) is 0.610. The van der Waals surface area contributed by atoms with E-state index in [0.717, 1.165) is 43.7 Å². The number of carbonyl (C=O) groups excluding carboxylic acids is 1. The lowest BCUT2D eigenvalue weighted by Gasteiger charge is -2.54. The number of hydrogen-bond donors (Lipinski definition) is 2. The number of nitrogens with zero attached hydrogens (tertiary/aromatic N) is 4. The number of hydrogen-bond acceptors (Lipinski definition) is 6. The Balaban J connectivity index is 1.33. The maximum absolute atomic E-state index is 12.5. The summed E-state index contributed by atoms with van der Waals surface area (Å²) in [6, 6.07) is 10.4. The fourth-order valence-electron chi connectivity index (χ4n) is 5.08. The van der Waals surface area contributed by atoms with E-state index in [-0.39, 0.29) is 17.2 Å². The van der Waals surface area contributed by atoms with Crippen molar-refractivity contribution < 1.29 is 4.79 Å². The Bertz CT molecular complexity index is 1310. The second-order valence-corrected chi connectivity index (χ2v) is 8.72. The number of piperazine rings is 1. The molecule has 3 heterocycles. The summed E-state index contributed by atoms with van der Waals surface area (Å²) in [6.07, 6.45) is 4.05. The van der Waals surface area contributed by atoms with Crippen LogP contribution in [0.4, 0.5) is 5.69 Å². The molecule has 1 aliphatic heterocycles. The van der Waals surface area contributed by atoms with Crippen molar-refractivity contribution in [1.82, 2.24) is 24.8 Å². The van der Waals surface area contributed by atoms with Crippen molar-refractivity contribution in [3.63, 3.8) is 0 Å². The van der Waals surface area contributed by atoms with Crippen molar-refractivity contribution in [2.75, 3.05) is 25.0 Å². The van der Waals surface area contributed by atoms with Crippen molar-refractivity contribution in [3.8, 4) is 0 Å². The molecule has 1 aliphatic carbocycles. The average molecular weight is 449 g/mol. The molecule has 9 heteroatoms. The molecule has 0 spiro atoms. The van der Waals surface area contributed by atoms with E-state index < -0.39 is 0 Å². The van der Waals surface area contributed by atoms with E-state index in [1.165, 1.54) is 4.57 Å². The summed E-state index contributed by atoms with van der Waals surface area (Å²) in [7, 11) is 1.60. The fraction of sp³-hybridized carbons (Fsp3) is 0.417. The van der Waals surface area contributed by atoms with E-state index in [1.807, 2.05) is 24.3 Å². The minimum absolute atomic E-state index is 0.182. The van der Waals surface area contributed by atoms with Crippen LogP contribution in [0.15, 0.2) is 46.1 Å². The van der Waals surface area contributed by atoms with Crippen molar-refractivity contribution >= 4 is 22.5 Å². The first-order valence-corrected chi connectivity index (χ1v) is 11.4. The predicted molar refractivity (Wildman–Crippen MR) is 127 cm³/mol. The first-order valence-electron chi connectivity index (χ1n) is 11.4. The minimum Gasteiger partial charge on any atom is -0.364 e. The van der Waals surface area contributed by atoms with Crippen LogP contribution in [-0.2, 0) is 13.1 Å². The number of rotatable bonds is 5. The third-order valence-electron chi connectivity index (χ3n) is 6.99. The number of aromatic nitrogens is 3. The van der Waals surface area contributed by atoms with Gasteiger partial charge in [-0.15, -0.1) is 0 Å². The summed E-state index contributed by atoms with van der Waals surface area (Å²) >= 11 is 0. The van der Waals surface area contributed by atoms with E-state index in [9.17, 15) is 14.4 Å². The Hall–Kier alpha value is -3.46. The number of H-pyrrole nitrogens is 1. The molecule has 2 atom stereocenters. The van der Waals surface area contributed by atoms with Gasteiger partial charge in [0.1, 0.15) is 5.69 Å². The summed E-state index contributed by atoms with van der Waals surface area (Å²) in [5.41, 5.74) is 2.54. The van der Waals surface area contributed by atoms with Crippen LogP contribution in [0.1, 0.15) is 35.8 Å². The SMILES string of the molecule is CCn1c(=O)[nH]c2cc(CN3CCN(c4ccc(C(=O)NC)nc4)C4CCC43)ccc2c1=O. The first kappa shape index (κ1) is 21.4. The molecule has 2 N–H and O–H groups in total. The lowest BCUT2D eigenvalue weighted by atomic mass is 9.81. The van der Waals surface area contributed by atoms with Gasteiger partial charge >= 0.3 is 5.69 Å². The van der Waals surface area contributed by atoms with Gasteiger partial charge in [0, 0.05) is 45.3 Å². The number of fused-ring (bicyclic) bond motifs is 2. The van der Waals surface area contributed by atoms with Gasteiger partial charge in [-0.2, -0.15) is 0 Å². The highest BCUT2D eigenvalue weighted by molar-refractivity contribution is 5.92. The molecule has 1 saturated heterocycles. The number of anilines is 1. The molecule has 2 unspecified atom stereocenters. The smallest absolute Gasteiger partial charge is 0.328 e. The van der Waals surface area contributed by atoms with E-state index in [1.54, 1.807) is 26.2 Å². The molecule has 1 saturated carbocycles. The Labute approximate surface area is 191 Å². The van der Waals surface area contributed by atoms with E-state index in [4.69, 9.17) is 0 Å². The summed E-state index contributed by atoms with van der Waals surface area (Å²) in [6.45, 7) is 4.71. The van der Waals surface area contributed by atoms with Crippen LogP contribution >= 0.6 is 0 Å². The van der Waals surface area contributed by atoms with Crippen LogP contribution in [0.3, 0.4) is 0 Å². The molecule has 0 radical (unpaired) electrons. The summed E-state index contributed by atoms with van der Waals surface area (Å²) in [5, 5.41) is 3.14. The van der Waals surface area contributed by atoms with Gasteiger partial charge in [-0.05, 0) is 49.6 Å². The number of pyridine rings is 1. The topological polar surface area (TPSA) is 103 Å². The Kier molecular flexibility index (Phi) is 5.49. The van der Waals surface area contributed by atoms with Gasteiger partial charge in [0.2, 0.25) is 0 Å². The molecule has 1 aromatic carbocycles. The zero-order valence-electron chi connectivity index (χ0n) is 18.9. The average Bonchev–Trinajstić information content (AvgIpc) is 2.79. The zero-order chi connectivity index (χ0) is 23.1. The van der Waals surface area contributed by atoms with Crippen molar-refractivity contribution in [2.45, 2.75) is 44.9 Å². The number of nitrogens with one attached hydrogen (secondary N) is 2. The molecule has 9 nitrogen and oxygen atoms in total. The molecule has 3 aromatic rings. The van der Waals surface area contributed by atoms with Crippen LogP contribution in [0.2, 0.25) is 0 Å². The largest absolute Gasteiger partial charge is 0.364 e. The molecule has 2 aromatic heterocycles. The minimum atomic E-state index is -0.365. The monoisotopic (exact) mass is 448 g/mol. The Morgan fingerprint density at radius 3 is 2.64 bits per heavy atom. The van der Waals surface area contributed by atoms with Crippen LogP contribution in [0.25, 0.3) is 10.9 Å². The molecule has 5 rings (SSSR count). The second kappa shape index (κ2) is 8.47. The van der Waals surface area contributed by atoms with E-state index >= 15 is 0 Å². The van der Waals surface area contributed by atoms with Crippen molar-refractivity contribution in [3.05, 3.63) is 68.6 Å². The third-order valence-corrected chi connectivity index (χ3v) is 6.99. The third kappa shape index (κ3) is 3.72. The van der Waals surface area contributed by atoms with Gasteiger partial charge in [-0.3, -0.25) is 19.1 Å². The number of benzene rings is 1. The maximum atomic E-state index is 12.5. The van der Waals surface area contributed by atoms with Gasteiger partial charge in [-0.1, -0.05) is 6.07 Å². The molecule has 33 heavy (non-hydrogen) atoms. The highest BCUT2D eigenvalue weighted by Gasteiger charge is 2.42. The first-order chi connectivity index (χ1) is 16.0. The zero-order valence-corrected chi connectivity index (χ0v) is 18.9. The summed E-state index contributed by atoms with van der Waals surface area (Å²) in [5.74, 6) is -0.182. The second-order valence-electron chi connectivity index (χ2n) is 8.72. The van der Waals surface area contributed by atoms with Crippen LogP contribution in [0, 0.1) is 0 Å². The Morgan fingerprint density at radius 1 is 1.15 bits per heavy atom. The molecule has 172 valence electrons. The lowest BCUT2D eigenvalue weighted by molar-refractivity contribution is 0.0659.